The minimum Gasteiger partial charge on any atom is -0.346 e. The Bertz CT molecular complexity index is 525. The molecule has 0 saturated heterocycles. The summed E-state index contributed by atoms with van der Waals surface area (Å²) in [5.74, 6) is -0.467. The highest BCUT2D eigenvalue weighted by molar-refractivity contribution is 6.39. The maximum atomic E-state index is 11.8. The first kappa shape index (κ1) is 12.8. The highest BCUT2D eigenvalue weighted by atomic mass is 16.2. The van der Waals surface area contributed by atoms with Gasteiger partial charge in [0.1, 0.15) is 6.54 Å². The summed E-state index contributed by atoms with van der Waals surface area (Å²) in [7, 11) is 0. The van der Waals surface area contributed by atoms with Crippen LogP contribution in [0.5, 0.6) is 0 Å². The summed E-state index contributed by atoms with van der Waals surface area (Å²) in [6, 6.07) is 9.02. The van der Waals surface area contributed by atoms with Crippen molar-refractivity contribution in [1.82, 2.24) is 10.7 Å². The number of nitrogens with one attached hydrogen (secondary N) is 2. The van der Waals surface area contributed by atoms with Crippen LogP contribution in [-0.4, -0.2) is 30.7 Å². The molecule has 6 heteroatoms. The van der Waals surface area contributed by atoms with Gasteiger partial charge < -0.3 is 5.32 Å². The third-order valence-electron chi connectivity index (χ3n) is 2.48. The monoisotopic (exact) mass is 258 g/mol. The molecule has 1 heterocycles. The Morgan fingerprint density at radius 3 is 2.89 bits per heavy atom. The summed E-state index contributed by atoms with van der Waals surface area (Å²) < 4.78 is 0. The Balaban J connectivity index is 2.12. The van der Waals surface area contributed by atoms with E-state index in [1.54, 1.807) is 18.2 Å². The lowest BCUT2D eigenvalue weighted by molar-refractivity contribution is -0.118. The van der Waals surface area contributed by atoms with Crippen molar-refractivity contribution in [2.24, 2.45) is 4.99 Å². The summed E-state index contributed by atoms with van der Waals surface area (Å²) in [6.07, 6.45) is 1.57. The lowest BCUT2D eigenvalue weighted by Crippen LogP contribution is -2.55. The predicted octanol–water partition coefficient (Wildman–Crippen LogP) is 0.238. The number of para-hydroxylation sites is 1. The number of hydrogen-bond acceptors (Lipinski definition) is 4. The molecule has 6 nitrogen and oxygen atoms in total. The van der Waals surface area contributed by atoms with Crippen LogP contribution >= 0.6 is 0 Å². The molecule has 1 aliphatic heterocycles. The quantitative estimate of drug-likeness (QED) is 0.760. The van der Waals surface area contributed by atoms with Gasteiger partial charge in [0.2, 0.25) is 5.84 Å². The molecule has 2 amide bonds. The SMILES string of the molecule is C=CCNC(=O)C1=NCC(=O)N(c2ccccc2)N1. The van der Waals surface area contributed by atoms with Crippen molar-refractivity contribution >= 4 is 23.3 Å². The summed E-state index contributed by atoms with van der Waals surface area (Å²) in [5.41, 5.74) is 3.38. The van der Waals surface area contributed by atoms with E-state index in [9.17, 15) is 9.59 Å². The molecule has 0 unspecified atom stereocenters. The minimum atomic E-state index is -0.367. The Kier molecular flexibility index (Phi) is 3.92. The Labute approximate surface area is 110 Å². The van der Waals surface area contributed by atoms with Gasteiger partial charge in [0.05, 0.1) is 5.69 Å². The zero-order chi connectivity index (χ0) is 13.7. The molecule has 0 fully saturated rings. The van der Waals surface area contributed by atoms with E-state index in [2.05, 4.69) is 22.3 Å². The molecule has 0 aliphatic carbocycles. The van der Waals surface area contributed by atoms with Gasteiger partial charge >= 0.3 is 0 Å². The molecule has 1 aromatic carbocycles. The third kappa shape index (κ3) is 2.98. The highest BCUT2D eigenvalue weighted by Crippen LogP contribution is 2.12. The molecule has 19 heavy (non-hydrogen) atoms. The van der Waals surface area contributed by atoms with Crippen LogP contribution in [0.2, 0.25) is 0 Å². The van der Waals surface area contributed by atoms with E-state index in [0.29, 0.717) is 12.2 Å². The number of carbonyl (C=O) groups excluding carboxylic acids is 2. The number of hydrogen-bond donors (Lipinski definition) is 2. The van der Waals surface area contributed by atoms with Crippen molar-refractivity contribution in [3.05, 3.63) is 43.0 Å². The van der Waals surface area contributed by atoms with E-state index >= 15 is 0 Å². The van der Waals surface area contributed by atoms with Gasteiger partial charge in [-0.2, -0.15) is 0 Å². The van der Waals surface area contributed by atoms with Gasteiger partial charge in [-0.05, 0) is 12.1 Å². The van der Waals surface area contributed by atoms with Gasteiger partial charge in [0, 0.05) is 6.54 Å². The fraction of sp³-hybridized carbons (Fsp3) is 0.154. The van der Waals surface area contributed by atoms with E-state index in [0.717, 1.165) is 0 Å². The molecule has 0 spiro atoms. The molecular formula is C13H14N4O2. The number of benzene rings is 1. The van der Waals surface area contributed by atoms with Crippen LogP contribution in [-0.2, 0) is 9.59 Å². The van der Waals surface area contributed by atoms with E-state index in [-0.39, 0.29) is 24.2 Å². The van der Waals surface area contributed by atoms with Gasteiger partial charge in [-0.15, -0.1) is 6.58 Å². The van der Waals surface area contributed by atoms with Gasteiger partial charge in [-0.25, -0.2) is 5.01 Å². The lowest BCUT2D eigenvalue weighted by atomic mass is 10.3. The van der Waals surface area contributed by atoms with E-state index in [1.807, 2.05) is 18.2 Å². The first-order valence-corrected chi connectivity index (χ1v) is 5.80. The van der Waals surface area contributed by atoms with Crippen molar-refractivity contribution in [3.63, 3.8) is 0 Å². The Morgan fingerprint density at radius 2 is 2.21 bits per heavy atom. The number of carbonyl (C=O) groups is 2. The predicted molar refractivity (Wildman–Crippen MR) is 72.6 cm³/mol. The number of aliphatic imine (C=N–C) groups is 1. The molecule has 0 radical (unpaired) electrons. The Hall–Kier alpha value is -2.63. The van der Waals surface area contributed by atoms with Crippen molar-refractivity contribution in [1.29, 1.82) is 0 Å². The average Bonchev–Trinajstić information content (AvgIpc) is 2.46. The van der Waals surface area contributed by atoms with Crippen LogP contribution in [0.25, 0.3) is 0 Å². The summed E-state index contributed by atoms with van der Waals surface area (Å²) in [4.78, 5) is 27.4. The van der Waals surface area contributed by atoms with Crippen molar-refractivity contribution < 1.29 is 9.59 Å². The van der Waals surface area contributed by atoms with Crippen LogP contribution in [0.1, 0.15) is 0 Å². The van der Waals surface area contributed by atoms with E-state index in [4.69, 9.17) is 0 Å². The lowest BCUT2D eigenvalue weighted by Gasteiger charge is -2.27. The van der Waals surface area contributed by atoms with Gasteiger partial charge in [0.15, 0.2) is 0 Å². The Morgan fingerprint density at radius 1 is 1.47 bits per heavy atom. The number of hydrazine groups is 1. The number of amides is 2. The minimum absolute atomic E-state index is 0.0568. The number of nitrogens with zero attached hydrogens (tertiary/aromatic N) is 2. The van der Waals surface area contributed by atoms with Crippen LogP contribution in [0.3, 0.4) is 0 Å². The smallest absolute Gasteiger partial charge is 0.288 e. The molecule has 0 saturated carbocycles. The van der Waals surface area contributed by atoms with Crippen molar-refractivity contribution in [3.8, 4) is 0 Å². The summed E-state index contributed by atoms with van der Waals surface area (Å²) in [6.45, 7) is 3.80. The zero-order valence-corrected chi connectivity index (χ0v) is 10.3. The van der Waals surface area contributed by atoms with Crippen LogP contribution in [0, 0.1) is 0 Å². The van der Waals surface area contributed by atoms with Crippen molar-refractivity contribution in [2.45, 2.75) is 0 Å². The second kappa shape index (κ2) is 5.81. The largest absolute Gasteiger partial charge is 0.346 e. The first-order chi connectivity index (χ1) is 9.22. The standard InChI is InChI=1S/C13H14N4O2/c1-2-8-14-13(19)12-15-9-11(18)17(16-12)10-6-4-3-5-7-10/h2-7H,1,8-9H2,(H,14,19)(H,15,16). The zero-order valence-electron chi connectivity index (χ0n) is 10.3. The number of amidine groups is 1. The molecule has 0 aromatic heterocycles. The highest BCUT2D eigenvalue weighted by Gasteiger charge is 2.24. The maximum Gasteiger partial charge on any atom is 0.288 e. The fourth-order valence-electron chi connectivity index (χ4n) is 1.58. The molecule has 98 valence electrons. The molecule has 1 aliphatic rings. The molecule has 0 bridgehead atoms. The third-order valence-corrected chi connectivity index (χ3v) is 2.48. The van der Waals surface area contributed by atoms with Gasteiger partial charge in [-0.1, -0.05) is 24.3 Å². The molecule has 0 atom stereocenters. The number of anilines is 1. The first-order valence-electron chi connectivity index (χ1n) is 5.80. The van der Waals surface area contributed by atoms with Crippen LogP contribution < -0.4 is 15.8 Å². The normalized spacial score (nSPS) is 14.4. The van der Waals surface area contributed by atoms with Gasteiger partial charge in [0.25, 0.3) is 11.8 Å². The van der Waals surface area contributed by atoms with E-state index in [1.165, 1.54) is 5.01 Å². The molecular weight excluding hydrogens is 244 g/mol. The second-order valence-electron chi connectivity index (χ2n) is 3.84. The number of rotatable bonds is 4. The molecule has 2 rings (SSSR count). The molecule has 2 N–H and O–H groups in total. The summed E-state index contributed by atoms with van der Waals surface area (Å²) >= 11 is 0. The van der Waals surface area contributed by atoms with Crippen molar-refractivity contribution in [2.75, 3.05) is 18.1 Å². The maximum absolute atomic E-state index is 11.8. The topological polar surface area (TPSA) is 73.8 Å². The molecule has 1 aromatic rings. The second-order valence-corrected chi connectivity index (χ2v) is 3.84. The van der Waals surface area contributed by atoms with E-state index < -0.39 is 0 Å². The van der Waals surface area contributed by atoms with Gasteiger partial charge in [-0.3, -0.25) is 20.0 Å². The average molecular weight is 258 g/mol. The summed E-state index contributed by atoms with van der Waals surface area (Å²) in [5, 5.41) is 3.92. The fourth-order valence-corrected chi connectivity index (χ4v) is 1.58. The van der Waals surface area contributed by atoms with Crippen LogP contribution in [0.15, 0.2) is 48.0 Å². The van der Waals surface area contributed by atoms with Crippen LogP contribution in [0.4, 0.5) is 5.69 Å².